The maximum atomic E-state index is 10.9. The van der Waals surface area contributed by atoms with E-state index < -0.39 is 21.5 Å². The zero-order chi connectivity index (χ0) is 16.1. The van der Waals surface area contributed by atoms with Crippen LogP contribution >= 0.6 is 0 Å². The monoisotopic (exact) mass is 322 g/mol. The molecule has 2 atom stereocenters. The average molecular weight is 323 g/mol. The van der Waals surface area contributed by atoms with Crippen LogP contribution in [0.15, 0.2) is 0 Å². The third-order valence-electron chi connectivity index (χ3n) is 4.12. The molecule has 128 valence electrons. The molecule has 4 nitrogen and oxygen atoms in total. The molecule has 0 aliphatic heterocycles. The fourth-order valence-corrected chi connectivity index (χ4v) is 2.98. The Morgan fingerprint density at radius 3 is 1.57 bits per heavy atom. The first-order chi connectivity index (χ1) is 9.89. The summed E-state index contributed by atoms with van der Waals surface area (Å²) in [5.74, 6) is 0. The molecule has 0 rings (SSSR count). The van der Waals surface area contributed by atoms with Crippen LogP contribution < -0.4 is 0 Å². The van der Waals surface area contributed by atoms with Crippen LogP contribution in [0.3, 0.4) is 0 Å². The molecule has 0 saturated carbocycles. The first-order valence-electron chi connectivity index (χ1n) is 8.54. The molecule has 0 aliphatic rings. The summed E-state index contributed by atoms with van der Waals surface area (Å²) in [6.45, 7) is 3.58. The molecule has 0 spiro atoms. The molecule has 0 fully saturated rings. The summed E-state index contributed by atoms with van der Waals surface area (Å²) >= 11 is 0. The highest BCUT2D eigenvalue weighted by Crippen LogP contribution is 2.15. The Balaban J connectivity index is 3.36. The third-order valence-corrected chi connectivity index (χ3v) is 5.37. The third kappa shape index (κ3) is 12.1. The van der Waals surface area contributed by atoms with Crippen molar-refractivity contribution in [1.82, 2.24) is 0 Å². The lowest BCUT2D eigenvalue weighted by Crippen LogP contribution is -2.30. The average Bonchev–Trinajstić information content (AvgIpc) is 2.42. The van der Waals surface area contributed by atoms with Gasteiger partial charge in [0, 0.05) is 0 Å². The lowest BCUT2D eigenvalue weighted by molar-refractivity contribution is 0.155. The second kappa shape index (κ2) is 12.4. The molecular weight excluding hydrogens is 288 g/mol. The van der Waals surface area contributed by atoms with Gasteiger partial charge < -0.3 is 5.11 Å². The van der Waals surface area contributed by atoms with Gasteiger partial charge in [-0.05, 0) is 13.3 Å². The minimum atomic E-state index is -4.12. The fraction of sp³-hybridized carbons (Fsp3) is 1.00. The normalized spacial score (nSPS) is 15.0. The Morgan fingerprint density at radius 2 is 1.19 bits per heavy atom. The molecule has 2 N–H and O–H groups in total. The van der Waals surface area contributed by atoms with E-state index in [0.717, 1.165) is 19.3 Å². The van der Waals surface area contributed by atoms with Crippen LogP contribution in [0.1, 0.15) is 90.9 Å². The molecular formula is C16H34O4S. The van der Waals surface area contributed by atoms with Gasteiger partial charge in [0.1, 0.15) is 5.25 Å². The predicted molar refractivity (Wildman–Crippen MR) is 88.1 cm³/mol. The van der Waals surface area contributed by atoms with Gasteiger partial charge in [-0.25, -0.2) is 0 Å². The molecule has 0 bridgehead atoms. The van der Waals surface area contributed by atoms with Gasteiger partial charge in [-0.15, -0.1) is 0 Å². The first-order valence-corrected chi connectivity index (χ1v) is 10.0. The van der Waals surface area contributed by atoms with Crippen molar-refractivity contribution >= 4 is 10.1 Å². The zero-order valence-electron chi connectivity index (χ0n) is 13.8. The quantitative estimate of drug-likeness (QED) is 0.369. The Bertz CT molecular complexity index is 327. The van der Waals surface area contributed by atoms with E-state index >= 15 is 0 Å². The summed E-state index contributed by atoms with van der Waals surface area (Å²) in [4.78, 5) is 0. The maximum Gasteiger partial charge on any atom is 0.270 e. The highest BCUT2D eigenvalue weighted by molar-refractivity contribution is 7.86. The number of aliphatic hydroxyl groups is 1. The van der Waals surface area contributed by atoms with E-state index in [2.05, 4.69) is 6.92 Å². The van der Waals surface area contributed by atoms with Gasteiger partial charge in [-0.3, -0.25) is 4.55 Å². The highest BCUT2D eigenvalue weighted by Gasteiger charge is 2.25. The molecule has 5 heteroatoms. The van der Waals surface area contributed by atoms with E-state index in [1.807, 2.05) is 0 Å². The standard InChI is InChI=1S/C16H34O4S/c1-3-4-5-6-7-8-9-10-11-12-13-14-16(17)15(2)21(18,19)20/h15-17H,3-14H2,1-2H3,(H,18,19,20). The lowest BCUT2D eigenvalue weighted by atomic mass is 10.0. The SMILES string of the molecule is CCCCCCCCCCCCCC(O)C(C)S(=O)(=O)O. The maximum absolute atomic E-state index is 10.9. The van der Waals surface area contributed by atoms with Crippen LogP contribution in [-0.4, -0.2) is 29.4 Å². The molecule has 21 heavy (non-hydrogen) atoms. The van der Waals surface area contributed by atoms with Gasteiger partial charge in [-0.1, -0.05) is 77.6 Å². The second-order valence-electron chi connectivity index (χ2n) is 6.11. The van der Waals surface area contributed by atoms with Gasteiger partial charge in [-0.2, -0.15) is 8.42 Å². The molecule has 2 unspecified atom stereocenters. The van der Waals surface area contributed by atoms with Gasteiger partial charge >= 0.3 is 0 Å². The summed E-state index contributed by atoms with van der Waals surface area (Å²) in [7, 11) is -4.12. The van der Waals surface area contributed by atoms with E-state index in [1.165, 1.54) is 58.3 Å². The summed E-state index contributed by atoms with van der Waals surface area (Å²) in [6.07, 6.45) is 13.0. The van der Waals surface area contributed by atoms with Crippen LogP contribution in [0.4, 0.5) is 0 Å². The largest absolute Gasteiger partial charge is 0.392 e. The van der Waals surface area contributed by atoms with Crippen molar-refractivity contribution in [3.63, 3.8) is 0 Å². The van der Waals surface area contributed by atoms with Crippen molar-refractivity contribution in [2.24, 2.45) is 0 Å². The van der Waals surface area contributed by atoms with Crippen LogP contribution in [0.2, 0.25) is 0 Å². The Labute approximate surface area is 131 Å². The summed E-state index contributed by atoms with van der Waals surface area (Å²) in [5, 5.41) is 8.57. The van der Waals surface area contributed by atoms with E-state index in [9.17, 15) is 13.5 Å². The molecule has 0 saturated heterocycles. The van der Waals surface area contributed by atoms with Crippen LogP contribution in [-0.2, 0) is 10.1 Å². The zero-order valence-corrected chi connectivity index (χ0v) is 14.6. The van der Waals surface area contributed by atoms with Crippen molar-refractivity contribution in [3.8, 4) is 0 Å². The van der Waals surface area contributed by atoms with Crippen molar-refractivity contribution in [2.75, 3.05) is 0 Å². The topological polar surface area (TPSA) is 74.6 Å². The number of unbranched alkanes of at least 4 members (excludes halogenated alkanes) is 10. The van der Waals surface area contributed by atoms with Crippen molar-refractivity contribution in [3.05, 3.63) is 0 Å². The van der Waals surface area contributed by atoms with E-state index in [1.54, 1.807) is 0 Å². The van der Waals surface area contributed by atoms with Crippen LogP contribution in [0.5, 0.6) is 0 Å². The van der Waals surface area contributed by atoms with E-state index in [-0.39, 0.29) is 0 Å². The molecule has 0 amide bonds. The summed E-state index contributed by atoms with van der Waals surface area (Å²) in [5.41, 5.74) is 0. The summed E-state index contributed by atoms with van der Waals surface area (Å²) < 4.78 is 30.6. The first kappa shape index (κ1) is 20.9. The minimum absolute atomic E-state index is 0.442. The fourth-order valence-electron chi connectivity index (χ4n) is 2.45. The van der Waals surface area contributed by atoms with Gasteiger partial charge in [0.05, 0.1) is 6.10 Å². The number of hydrogen-bond donors (Lipinski definition) is 2. The highest BCUT2D eigenvalue weighted by atomic mass is 32.2. The van der Waals surface area contributed by atoms with Crippen molar-refractivity contribution in [1.29, 1.82) is 0 Å². The molecule has 0 aromatic rings. The van der Waals surface area contributed by atoms with Crippen LogP contribution in [0.25, 0.3) is 0 Å². The minimum Gasteiger partial charge on any atom is -0.392 e. The second-order valence-corrected chi connectivity index (χ2v) is 7.89. The van der Waals surface area contributed by atoms with Crippen molar-refractivity contribution in [2.45, 2.75) is 102 Å². The van der Waals surface area contributed by atoms with Gasteiger partial charge in [0.15, 0.2) is 0 Å². The summed E-state index contributed by atoms with van der Waals surface area (Å²) in [6, 6.07) is 0. The lowest BCUT2D eigenvalue weighted by Gasteiger charge is -2.15. The Morgan fingerprint density at radius 1 is 0.810 bits per heavy atom. The number of aliphatic hydroxyl groups excluding tert-OH is 1. The smallest absolute Gasteiger partial charge is 0.270 e. The number of rotatable bonds is 14. The molecule has 0 aromatic heterocycles. The van der Waals surface area contributed by atoms with E-state index in [4.69, 9.17) is 4.55 Å². The van der Waals surface area contributed by atoms with Gasteiger partial charge in [0.25, 0.3) is 10.1 Å². The van der Waals surface area contributed by atoms with E-state index in [0.29, 0.717) is 6.42 Å². The molecule has 0 aliphatic carbocycles. The number of hydrogen-bond acceptors (Lipinski definition) is 3. The van der Waals surface area contributed by atoms with Crippen LogP contribution in [0, 0.1) is 0 Å². The van der Waals surface area contributed by atoms with Crippen molar-refractivity contribution < 1.29 is 18.1 Å². The van der Waals surface area contributed by atoms with Gasteiger partial charge in [0.2, 0.25) is 0 Å². The molecule has 0 radical (unpaired) electrons. The molecule has 0 aromatic carbocycles. The Kier molecular flexibility index (Phi) is 12.3. The molecule has 0 heterocycles. The Hall–Kier alpha value is -0.130. The predicted octanol–water partition coefficient (Wildman–Crippen LogP) is 4.32.